The number of aromatic hydroxyl groups is 1. The van der Waals surface area contributed by atoms with Crippen molar-refractivity contribution in [1.29, 1.82) is 0 Å². The molecular formula is C10H11N3O. The second kappa shape index (κ2) is 3.41. The monoisotopic (exact) mass is 189 g/mol. The molecule has 1 heterocycles. The first-order chi connectivity index (χ1) is 6.75. The van der Waals surface area contributed by atoms with Crippen molar-refractivity contribution in [3.63, 3.8) is 0 Å². The lowest BCUT2D eigenvalue weighted by Gasteiger charge is -2.05. The number of benzene rings is 1. The van der Waals surface area contributed by atoms with E-state index in [2.05, 4.69) is 4.98 Å². The fraction of sp³-hybridized carbons (Fsp3) is 0.100. The summed E-state index contributed by atoms with van der Waals surface area (Å²) in [4.78, 5) is 3.92. The third-order valence-electron chi connectivity index (χ3n) is 2.02. The summed E-state index contributed by atoms with van der Waals surface area (Å²) in [6, 6.07) is 5.03. The van der Waals surface area contributed by atoms with Gasteiger partial charge in [0.05, 0.1) is 12.9 Å². The van der Waals surface area contributed by atoms with Crippen molar-refractivity contribution in [2.45, 2.75) is 6.54 Å². The van der Waals surface area contributed by atoms with E-state index in [4.69, 9.17) is 5.73 Å². The van der Waals surface area contributed by atoms with Crippen LogP contribution in [0.1, 0.15) is 5.56 Å². The Hall–Kier alpha value is -1.97. The minimum absolute atomic E-state index is 0.257. The van der Waals surface area contributed by atoms with Gasteiger partial charge in [-0.3, -0.25) is 0 Å². The van der Waals surface area contributed by atoms with Gasteiger partial charge in [-0.2, -0.15) is 0 Å². The van der Waals surface area contributed by atoms with Crippen LogP contribution in [0.25, 0.3) is 0 Å². The lowest BCUT2D eigenvalue weighted by molar-refractivity contribution is 0.466. The Balaban J connectivity index is 2.28. The maximum atomic E-state index is 9.54. The minimum atomic E-state index is 0.257. The van der Waals surface area contributed by atoms with Crippen molar-refractivity contribution in [2.75, 3.05) is 5.73 Å². The molecule has 0 radical (unpaired) electrons. The van der Waals surface area contributed by atoms with Gasteiger partial charge in [-0.25, -0.2) is 4.98 Å². The number of nitrogen functional groups attached to an aromatic ring is 1. The number of nitrogens with zero attached hydrogens (tertiary/aromatic N) is 2. The molecule has 72 valence electrons. The van der Waals surface area contributed by atoms with Crippen molar-refractivity contribution in [3.8, 4) is 5.75 Å². The fourth-order valence-corrected chi connectivity index (χ4v) is 1.31. The van der Waals surface area contributed by atoms with Crippen LogP contribution in [0.3, 0.4) is 0 Å². The zero-order valence-corrected chi connectivity index (χ0v) is 7.59. The molecule has 0 bridgehead atoms. The summed E-state index contributed by atoms with van der Waals surface area (Å²) in [7, 11) is 0. The van der Waals surface area contributed by atoms with Crippen LogP contribution in [0.5, 0.6) is 5.75 Å². The third kappa shape index (κ3) is 1.69. The van der Waals surface area contributed by atoms with Gasteiger partial charge in [-0.1, -0.05) is 0 Å². The van der Waals surface area contributed by atoms with E-state index in [-0.39, 0.29) is 5.75 Å². The Morgan fingerprint density at radius 1 is 1.43 bits per heavy atom. The molecule has 0 saturated heterocycles. The van der Waals surface area contributed by atoms with Crippen LogP contribution in [0, 0.1) is 0 Å². The Kier molecular flexibility index (Phi) is 2.10. The Labute approximate surface area is 81.6 Å². The van der Waals surface area contributed by atoms with E-state index >= 15 is 0 Å². The summed E-state index contributed by atoms with van der Waals surface area (Å²) in [5.74, 6) is 0.257. The number of hydrogen-bond donors (Lipinski definition) is 2. The topological polar surface area (TPSA) is 64.1 Å². The first-order valence-electron chi connectivity index (χ1n) is 4.29. The van der Waals surface area contributed by atoms with E-state index in [0.717, 1.165) is 5.56 Å². The molecule has 1 aromatic heterocycles. The SMILES string of the molecule is Nc1ccc(O)c(Cn2ccnc2)c1. The fourth-order valence-electron chi connectivity index (χ4n) is 1.31. The number of aromatic nitrogens is 2. The van der Waals surface area contributed by atoms with Crippen LogP contribution < -0.4 is 5.73 Å². The molecule has 0 atom stereocenters. The summed E-state index contributed by atoms with van der Waals surface area (Å²) >= 11 is 0. The molecule has 1 aromatic carbocycles. The van der Waals surface area contributed by atoms with Gasteiger partial charge >= 0.3 is 0 Å². The molecule has 0 saturated carbocycles. The molecule has 0 aliphatic carbocycles. The van der Waals surface area contributed by atoms with Crippen LogP contribution in [0.15, 0.2) is 36.9 Å². The third-order valence-corrected chi connectivity index (χ3v) is 2.02. The number of rotatable bonds is 2. The Morgan fingerprint density at radius 3 is 3.00 bits per heavy atom. The normalized spacial score (nSPS) is 10.3. The zero-order chi connectivity index (χ0) is 9.97. The van der Waals surface area contributed by atoms with E-state index in [9.17, 15) is 5.11 Å². The highest BCUT2D eigenvalue weighted by atomic mass is 16.3. The molecule has 0 unspecified atom stereocenters. The highest BCUT2D eigenvalue weighted by Gasteiger charge is 2.01. The van der Waals surface area contributed by atoms with Crippen LogP contribution in [0.2, 0.25) is 0 Å². The second-order valence-electron chi connectivity index (χ2n) is 3.12. The summed E-state index contributed by atoms with van der Waals surface area (Å²) in [6.45, 7) is 0.580. The summed E-state index contributed by atoms with van der Waals surface area (Å²) in [5.41, 5.74) is 7.07. The first-order valence-corrected chi connectivity index (χ1v) is 4.29. The highest BCUT2D eigenvalue weighted by molar-refractivity contribution is 5.47. The van der Waals surface area contributed by atoms with Gasteiger partial charge in [0.2, 0.25) is 0 Å². The van der Waals surface area contributed by atoms with Gasteiger partial charge in [0.15, 0.2) is 0 Å². The Morgan fingerprint density at radius 2 is 2.29 bits per heavy atom. The molecule has 3 N–H and O–H groups in total. The van der Waals surface area contributed by atoms with Crippen molar-refractivity contribution in [1.82, 2.24) is 9.55 Å². The van der Waals surface area contributed by atoms with Crippen molar-refractivity contribution >= 4 is 5.69 Å². The molecule has 0 spiro atoms. The lowest BCUT2D eigenvalue weighted by Crippen LogP contribution is -1.97. The molecule has 2 aromatic rings. The molecule has 0 aliphatic rings. The van der Waals surface area contributed by atoms with E-state index in [0.29, 0.717) is 12.2 Å². The van der Waals surface area contributed by atoms with E-state index in [1.807, 2.05) is 10.8 Å². The van der Waals surface area contributed by atoms with Gasteiger partial charge in [-0.05, 0) is 18.2 Å². The average molecular weight is 189 g/mol. The van der Waals surface area contributed by atoms with Crippen LogP contribution in [0.4, 0.5) is 5.69 Å². The highest BCUT2D eigenvalue weighted by Crippen LogP contribution is 2.20. The summed E-state index contributed by atoms with van der Waals surface area (Å²) in [5, 5.41) is 9.54. The van der Waals surface area contributed by atoms with Gasteiger partial charge in [-0.15, -0.1) is 0 Å². The quantitative estimate of drug-likeness (QED) is 0.551. The number of phenols is 1. The van der Waals surface area contributed by atoms with E-state index < -0.39 is 0 Å². The van der Waals surface area contributed by atoms with Crippen molar-refractivity contribution in [3.05, 3.63) is 42.5 Å². The van der Waals surface area contributed by atoms with Gasteiger partial charge in [0.1, 0.15) is 5.75 Å². The first kappa shape index (κ1) is 8.62. The molecule has 4 nitrogen and oxygen atoms in total. The van der Waals surface area contributed by atoms with Crippen LogP contribution in [-0.4, -0.2) is 14.7 Å². The summed E-state index contributed by atoms with van der Waals surface area (Å²) < 4.78 is 1.87. The Bertz CT molecular complexity index is 423. The second-order valence-corrected chi connectivity index (χ2v) is 3.12. The van der Waals surface area contributed by atoms with Crippen LogP contribution in [-0.2, 0) is 6.54 Å². The number of imidazole rings is 1. The molecule has 4 heteroatoms. The molecule has 0 amide bonds. The largest absolute Gasteiger partial charge is 0.508 e. The average Bonchev–Trinajstić information content (AvgIpc) is 2.64. The zero-order valence-electron chi connectivity index (χ0n) is 7.59. The van der Waals surface area contributed by atoms with Crippen LogP contribution >= 0.6 is 0 Å². The molecule has 2 rings (SSSR count). The minimum Gasteiger partial charge on any atom is -0.508 e. The molecule has 0 fully saturated rings. The lowest BCUT2D eigenvalue weighted by atomic mass is 10.2. The van der Waals surface area contributed by atoms with Gasteiger partial charge < -0.3 is 15.4 Å². The number of hydrogen-bond acceptors (Lipinski definition) is 3. The number of nitrogens with two attached hydrogens (primary N) is 1. The number of phenolic OH excluding ortho intramolecular Hbond substituents is 1. The predicted molar refractivity (Wildman–Crippen MR) is 53.8 cm³/mol. The standard InChI is InChI=1S/C10H11N3O/c11-9-1-2-10(14)8(5-9)6-13-4-3-12-7-13/h1-5,7,14H,6,11H2. The molecular weight excluding hydrogens is 178 g/mol. The van der Waals surface area contributed by atoms with Crippen molar-refractivity contribution < 1.29 is 5.11 Å². The predicted octanol–water partition coefficient (Wildman–Crippen LogP) is 1.22. The summed E-state index contributed by atoms with van der Waals surface area (Å²) in [6.07, 6.45) is 5.23. The maximum Gasteiger partial charge on any atom is 0.120 e. The van der Waals surface area contributed by atoms with E-state index in [1.54, 1.807) is 30.7 Å². The van der Waals surface area contributed by atoms with Gasteiger partial charge in [0, 0.05) is 23.6 Å². The molecule has 14 heavy (non-hydrogen) atoms. The maximum absolute atomic E-state index is 9.54. The number of anilines is 1. The van der Waals surface area contributed by atoms with Crippen molar-refractivity contribution in [2.24, 2.45) is 0 Å². The van der Waals surface area contributed by atoms with Gasteiger partial charge in [0.25, 0.3) is 0 Å². The molecule has 0 aliphatic heterocycles. The van der Waals surface area contributed by atoms with E-state index in [1.165, 1.54) is 0 Å². The smallest absolute Gasteiger partial charge is 0.120 e.